The smallest absolute Gasteiger partial charge is 0.292 e. The van der Waals surface area contributed by atoms with Gasteiger partial charge in [0.15, 0.2) is 11.5 Å². The Balaban J connectivity index is 1.88. The zero-order valence-corrected chi connectivity index (χ0v) is 16.4. The highest BCUT2D eigenvalue weighted by molar-refractivity contribution is 7.11. The molecule has 0 fully saturated rings. The topological polar surface area (TPSA) is 110 Å². The van der Waals surface area contributed by atoms with E-state index in [-0.39, 0.29) is 11.3 Å². The van der Waals surface area contributed by atoms with E-state index in [1.807, 2.05) is 11.4 Å². The van der Waals surface area contributed by atoms with Crippen molar-refractivity contribution in [2.75, 3.05) is 19.5 Å². The van der Waals surface area contributed by atoms with Crippen LogP contribution in [0.4, 0.5) is 11.4 Å². The van der Waals surface area contributed by atoms with E-state index < -0.39 is 4.92 Å². The predicted molar refractivity (Wildman–Crippen MR) is 111 cm³/mol. The molecule has 0 saturated carbocycles. The maximum absolute atomic E-state index is 11.1. The summed E-state index contributed by atoms with van der Waals surface area (Å²) in [6.07, 6.45) is 1.42. The molecule has 0 saturated heterocycles. The lowest BCUT2D eigenvalue weighted by Gasteiger charge is -2.08. The number of nitrogens with zero attached hydrogens (tertiary/aromatic N) is 3. The van der Waals surface area contributed by atoms with Crippen molar-refractivity contribution in [2.45, 2.75) is 0 Å². The molecule has 2 aromatic carbocycles. The van der Waals surface area contributed by atoms with Gasteiger partial charge in [-0.3, -0.25) is 10.1 Å². The van der Waals surface area contributed by atoms with Crippen molar-refractivity contribution in [1.82, 2.24) is 4.98 Å². The number of anilines is 1. The fourth-order valence-electron chi connectivity index (χ4n) is 2.57. The quantitative estimate of drug-likeness (QED) is 0.342. The molecule has 0 aliphatic rings. The van der Waals surface area contributed by atoms with E-state index in [0.29, 0.717) is 27.9 Å². The molecule has 0 aliphatic heterocycles. The van der Waals surface area contributed by atoms with Gasteiger partial charge in [0, 0.05) is 23.2 Å². The number of rotatable bonds is 7. The third-order valence-corrected chi connectivity index (χ3v) is 4.88. The molecule has 1 aromatic heterocycles. The minimum atomic E-state index is -0.485. The summed E-state index contributed by atoms with van der Waals surface area (Å²) in [4.78, 5) is 15.1. The Hall–Kier alpha value is -3.90. The molecule has 0 atom stereocenters. The number of benzene rings is 2. The van der Waals surface area contributed by atoms with Crippen LogP contribution in [0.5, 0.6) is 11.5 Å². The zero-order valence-electron chi connectivity index (χ0n) is 15.6. The standard InChI is InChI=1S/C20H16N4O4S/c1-27-18-8-7-13(9-19(18)28-2)16-12-29-20(23-16)14(10-21)11-22-15-5-3-4-6-17(15)24(25)26/h3-9,11-12,22H,1-2H3/b14-11-. The molecule has 1 heterocycles. The van der Waals surface area contributed by atoms with Crippen molar-refractivity contribution >= 4 is 28.3 Å². The summed E-state index contributed by atoms with van der Waals surface area (Å²) in [5.41, 5.74) is 1.97. The maximum Gasteiger partial charge on any atom is 0.292 e. The third kappa shape index (κ3) is 4.34. The van der Waals surface area contributed by atoms with Crippen molar-refractivity contribution in [1.29, 1.82) is 5.26 Å². The van der Waals surface area contributed by atoms with E-state index in [1.54, 1.807) is 44.6 Å². The first-order chi connectivity index (χ1) is 14.1. The number of thiazole rings is 1. The predicted octanol–water partition coefficient (Wildman–Crippen LogP) is 4.71. The van der Waals surface area contributed by atoms with E-state index in [4.69, 9.17) is 9.47 Å². The van der Waals surface area contributed by atoms with Gasteiger partial charge in [-0.2, -0.15) is 5.26 Å². The molecule has 0 spiro atoms. The number of nitrogens with one attached hydrogen (secondary N) is 1. The molecule has 3 aromatic rings. The number of nitriles is 1. The lowest BCUT2D eigenvalue weighted by molar-refractivity contribution is -0.383. The molecule has 3 rings (SSSR count). The third-order valence-electron chi connectivity index (χ3n) is 4.01. The average molecular weight is 408 g/mol. The van der Waals surface area contributed by atoms with Crippen molar-refractivity contribution in [3.8, 4) is 28.8 Å². The van der Waals surface area contributed by atoms with Gasteiger partial charge >= 0.3 is 0 Å². The molecule has 0 radical (unpaired) electrons. The van der Waals surface area contributed by atoms with Gasteiger partial charge in [-0.1, -0.05) is 12.1 Å². The second kappa shape index (κ2) is 8.86. The number of para-hydroxylation sites is 2. The van der Waals surface area contributed by atoms with Crippen LogP contribution in [-0.4, -0.2) is 24.1 Å². The normalized spacial score (nSPS) is 10.9. The average Bonchev–Trinajstić information content (AvgIpc) is 3.24. The number of allylic oxidation sites excluding steroid dienone is 1. The summed E-state index contributed by atoms with van der Waals surface area (Å²) in [6.45, 7) is 0. The second-order valence-electron chi connectivity index (χ2n) is 5.70. The van der Waals surface area contributed by atoms with Crippen LogP contribution in [0.15, 0.2) is 54.0 Å². The van der Waals surface area contributed by atoms with Crippen LogP contribution in [-0.2, 0) is 0 Å². The van der Waals surface area contributed by atoms with Gasteiger partial charge < -0.3 is 14.8 Å². The molecule has 29 heavy (non-hydrogen) atoms. The van der Waals surface area contributed by atoms with Gasteiger partial charge in [0.2, 0.25) is 0 Å². The molecule has 146 valence electrons. The molecule has 0 bridgehead atoms. The Morgan fingerprint density at radius 3 is 2.69 bits per heavy atom. The van der Waals surface area contributed by atoms with Crippen LogP contribution >= 0.6 is 11.3 Å². The van der Waals surface area contributed by atoms with Gasteiger partial charge in [0.25, 0.3) is 5.69 Å². The lowest BCUT2D eigenvalue weighted by Crippen LogP contribution is -1.96. The number of aromatic nitrogens is 1. The van der Waals surface area contributed by atoms with Crippen LogP contribution in [0.2, 0.25) is 0 Å². The van der Waals surface area contributed by atoms with Gasteiger partial charge in [0.1, 0.15) is 22.3 Å². The zero-order chi connectivity index (χ0) is 20.8. The number of nitro groups is 1. The molecule has 8 nitrogen and oxygen atoms in total. The minimum absolute atomic E-state index is 0.0776. The van der Waals surface area contributed by atoms with E-state index >= 15 is 0 Å². The molecule has 0 unspecified atom stereocenters. The van der Waals surface area contributed by atoms with Crippen LogP contribution in [0.1, 0.15) is 5.01 Å². The van der Waals surface area contributed by atoms with E-state index in [1.165, 1.54) is 23.6 Å². The van der Waals surface area contributed by atoms with Gasteiger partial charge in [0.05, 0.1) is 24.8 Å². The fraction of sp³-hybridized carbons (Fsp3) is 0.100. The Labute approximate surface area is 170 Å². The number of ether oxygens (including phenoxy) is 2. The molecule has 0 amide bonds. The highest BCUT2D eigenvalue weighted by atomic mass is 32.1. The minimum Gasteiger partial charge on any atom is -0.493 e. The lowest BCUT2D eigenvalue weighted by atomic mass is 10.1. The highest BCUT2D eigenvalue weighted by Gasteiger charge is 2.14. The van der Waals surface area contributed by atoms with Crippen LogP contribution in [0, 0.1) is 21.4 Å². The molecular formula is C20H16N4O4S. The Bertz CT molecular complexity index is 1120. The Morgan fingerprint density at radius 1 is 1.24 bits per heavy atom. The number of nitro benzene ring substituents is 1. The van der Waals surface area contributed by atoms with E-state index in [2.05, 4.69) is 16.4 Å². The summed E-state index contributed by atoms with van der Waals surface area (Å²) in [6, 6.07) is 13.7. The SMILES string of the molecule is COc1ccc(-c2csc(/C(C#N)=C\Nc3ccccc3[N+](=O)[O-])n2)cc1OC. The monoisotopic (exact) mass is 408 g/mol. The van der Waals surface area contributed by atoms with E-state index in [0.717, 1.165) is 5.56 Å². The summed E-state index contributed by atoms with van der Waals surface area (Å²) >= 11 is 1.30. The maximum atomic E-state index is 11.1. The van der Waals surface area contributed by atoms with E-state index in [9.17, 15) is 15.4 Å². The van der Waals surface area contributed by atoms with Crippen molar-refractivity contribution in [3.05, 3.63) is 69.2 Å². The van der Waals surface area contributed by atoms with Gasteiger partial charge in [-0.15, -0.1) is 11.3 Å². The van der Waals surface area contributed by atoms with Crippen LogP contribution < -0.4 is 14.8 Å². The van der Waals surface area contributed by atoms with Crippen molar-refractivity contribution in [3.63, 3.8) is 0 Å². The highest BCUT2D eigenvalue weighted by Crippen LogP contribution is 2.33. The first kappa shape index (κ1) is 19.9. The molecule has 9 heteroatoms. The summed E-state index contributed by atoms with van der Waals surface area (Å²) in [7, 11) is 3.12. The Kier molecular flexibility index (Phi) is 6.06. The number of hydrogen-bond donors (Lipinski definition) is 1. The second-order valence-corrected chi connectivity index (χ2v) is 6.55. The van der Waals surface area contributed by atoms with Crippen molar-refractivity contribution in [2.24, 2.45) is 0 Å². The van der Waals surface area contributed by atoms with Crippen LogP contribution in [0.25, 0.3) is 16.8 Å². The van der Waals surface area contributed by atoms with Gasteiger partial charge in [-0.05, 0) is 24.3 Å². The van der Waals surface area contributed by atoms with Gasteiger partial charge in [-0.25, -0.2) is 4.98 Å². The van der Waals surface area contributed by atoms with Crippen LogP contribution in [0.3, 0.4) is 0 Å². The Morgan fingerprint density at radius 2 is 2.00 bits per heavy atom. The summed E-state index contributed by atoms with van der Waals surface area (Å²) in [5, 5.41) is 25.8. The first-order valence-electron chi connectivity index (χ1n) is 8.36. The summed E-state index contributed by atoms with van der Waals surface area (Å²) in [5.74, 6) is 1.19. The summed E-state index contributed by atoms with van der Waals surface area (Å²) < 4.78 is 10.6. The van der Waals surface area contributed by atoms with Crippen molar-refractivity contribution < 1.29 is 14.4 Å². The number of hydrogen-bond acceptors (Lipinski definition) is 8. The first-order valence-corrected chi connectivity index (χ1v) is 9.24. The largest absolute Gasteiger partial charge is 0.493 e. The fourth-order valence-corrected chi connectivity index (χ4v) is 3.37. The molecule has 1 N–H and O–H groups in total. The number of methoxy groups -OCH3 is 2. The molecule has 0 aliphatic carbocycles. The molecular weight excluding hydrogens is 392 g/mol.